The van der Waals surface area contributed by atoms with E-state index in [0.29, 0.717) is 29.6 Å². The van der Waals surface area contributed by atoms with Gasteiger partial charge in [0, 0.05) is 30.0 Å². The molecular formula is C21H28N6O3S2. The number of hydrogen-bond acceptors (Lipinski definition) is 7. The van der Waals surface area contributed by atoms with Crippen molar-refractivity contribution in [2.24, 2.45) is 0 Å². The first-order valence-corrected chi connectivity index (χ1v) is 13.1. The predicted molar refractivity (Wildman–Crippen MR) is 126 cm³/mol. The third-order valence-corrected chi connectivity index (χ3v) is 7.06. The van der Waals surface area contributed by atoms with E-state index in [1.807, 2.05) is 27.0 Å². The number of carbonyl (C=O) groups is 1. The molecule has 0 bridgehead atoms. The molecular weight excluding hydrogens is 448 g/mol. The number of rotatable bonds is 10. The van der Waals surface area contributed by atoms with Gasteiger partial charge in [0.05, 0.1) is 4.90 Å². The summed E-state index contributed by atoms with van der Waals surface area (Å²) in [5.41, 5.74) is 3.10. The molecule has 11 heteroatoms. The summed E-state index contributed by atoms with van der Waals surface area (Å²) in [5, 5.41) is 7.87. The molecule has 0 saturated heterocycles. The molecule has 0 aliphatic heterocycles. The minimum absolute atomic E-state index is 0.128. The number of nitrogens with zero attached hydrogens (tertiary/aromatic N) is 4. The fourth-order valence-electron chi connectivity index (χ4n) is 3.31. The van der Waals surface area contributed by atoms with Crippen molar-refractivity contribution < 1.29 is 13.2 Å². The van der Waals surface area contributed by atoms with E-state index in [-0.39, 0.29) is 17.2 Å². The number of benzene rings is 1. The summed E-state index contributed by atoms with van der Waals surface area (Å²) in [6.45, 7) is 6.22. The van der Waals surface area contributed by atoms with Crippen molar-refractivity contribution in [2.45, 2.75) is 56.5 Å². The summed E-state index contributed by atoms with van der Waals surface area (Å²) >= 11 is 1.45. The van der Waals surface area contributed by atoms with Gasteiger partial charge in [-0.15, -0.1) is 5.10 Å². The summed E-state index contributed by atoms with van der Waals surface area (Å²) in [4.78, 5) is 21.6. The molecule has 172 valence electrons. The van der Waals surface area contributed by atoms with E-state index >= 15 is 0 Å². The van der Waals surface area contributed by atoms with E-state index in [2.05, 4.69) is 25.1 Å². The number of carbonyl (C=O) groups excluding carboxylic acids is 1. The first-order valence-electron chi connectivity index (χ1n) is 10.4. The second kappa shape index (κ2) is 10.4. The Bertz CT molecular complexity index is 1220. The van der Waals surface area contributed by atoms with Crippen LogP contribution in [0.3, 0.4) is 0 Å². The lowest BCUT2D eigenvalue weighted by molar-refractivity contribution is -0.116. The number of sulfonamides is 1. The van der Waals surface area contributed by atoms with Crippen molar-refractivity contribution in [3.63, 3.8) is 0 Å². The van der Waals surface area contributed by atoms with Crippen LogP contribution in [-0.4, -0.2) is 46.7 Å². The van der Waals surface area contributed by atoms with Gasteiger partial charge in [-0.2, -0.15) is 4.98 Å². The number of hydrogen-bond donors (Lipinski definition) is 2. The van der Waals surface area contributed by atoms with E-state index in [1.54, 1.807) is 16.6 Å². The van der Waals surface area contributed by atoms with Crippen molar-refractivity contribution in [1.82, 2.24) is 24.3 Å². The zero-order valence-corrected chi connectivity index (χ0v) is 20.3. The lowest BCUT2D eigenvalue weighted by Gasteiger charge is -2.11. The van der Waals surface area contributed by atoms with Crippen LogP contribution in [-0.2, 0) is 21.2 Å². The second-order valence-electron chi connectivity index (χ2n) is 7.40. The Labute approximate surface area is 192 Å². The molecule has 0 spiro atoms. The maximum absolute atomic E-state index is 12.6. The second-order valence-corrected chi connectivity index (χ2v) is 9.94. The number of amides is 1. The van der Waals surface area contributed by atoms with Gasteiger partial charge in [0.15, 0.2) is 0 Å². The Balaban J connectivity index is 1.68. The van der Waals surface area contributed by atoms with Gasteiger partial charge in [-0.1, -0.05) is 31.2 Å². The van der Waals surface area contributed by atoms with Crippen LogP contribution in [0.25, 0.3) is 5.78 Å². The maximum Gasteiger partial charge on any atom is 0.253 e. The molecule has 0 saturated carbocycles. The number of aromatic nitrogens is 4. The number of anilines is 1. The molecule has 0 aliphatic rings. The highest BCUT2D eigenvalue weighted by molar-refractivity contribution is 7.98. The van der Waals surface area contributed by atoms with E-state index in [4.69, 9.17) is 0 Å². The van der Waals surface area contributed by atoms with Crippen LogP contribution in [0.4, 0.5) is 5.69 Å². The molecule has 1 amide bonds. The van der Waals surface area contributed by atoms with Gasteiger partial charge >= 0.3 is 0 Å². The average Bonchev–Trinajstić information content (AvgIpc) is 3.17. The van der Waals surface area contributed by atoms with Gasteiger partial charge in [0.25, 0.3) is 5.78 Å². The molecule has 2 N–H and O–H groups in total. The summed E-state index contributed by atoms with van der Waals surface area (Å²) in [5.74, 6) is 0.337. The van der Waals surface area contributed by atoms with Crippen molar-refractivity contribution in [1.29, 1.82) is 0 Å². The van der Waals surface area contributed by atoms with E-state index in [1.165, 1.54) is 23.9 Å². The number of unbranched alkanes of at least 4 members (excludes halogenated alkanes) is 1. The maximum atomic E-state index is 12.6. The highest BCUT2D eigenvalue weighted by Crippen LogP contribution is 2.19. The molecule has 0 aliphatic carbocycles. The van der Waals surface area contributed by atoms with Gasteiger partial charge in [-0.3, -0.25) is 4.79 Å². The van der Waals surface area contributed by atoms with Gasteiger partial charge in [-0.05, 0) is 56.7 Å². The standard InChI is InChI=1S/C21H28N6O3S2/c1-5-6-12-22-32(29,30)17-9-7-8-16(13-17)24-19(28)11-10-18-14(2)23-20-25-21(31-4)26-27(20)15(18)3/h7-9,13,22H,5-6,10-12H2,1-4H3,(H,24,28). The first-order chi connectivity index (χ1) is 15.2. The Kier molecular flexibility index (Phi) is 7.86. The molecule has 0 radical (unpaired) electrons. The monoisotopic (exact) mass is 476 g/mol. The molecule has 2 aromatic heterocycles. The van der Waals surface area contributed by atoms with Crippen molar-refractivity contribution in [3.8, 4) is 0 Å². The van der Waals surface area contributed by atoms with Crippen molar-refractivity contribution >= 4 is 39.2 Å². The minimum Gasteiger partial charge on any atom is -0.326 e. The lowest BCUT2D eigenvalue weighted by atomic mass is 10.1. The number of fused-ring (bicyclic) bond motifs is 1. The van der Waals surface area contributed by atoms with E-state index in [0.717, 1.165) is 29.8 Å². The fourth-order valence-corrected chi connectivity index (χ4v) is 4.76. The van der Waals surface area contributed by atoms with Crippen molar-refractivity contribution in [3.05, 3.63) is 41.2 Å². The molecule has 0 atom stereocenters. The highest BCUT2D eigenvalue weighted by atomic mass is 32.2. The molecule has 2 heterocycles. The van der Waals surface area contributed by atoms with Crippen molar-refractivity contribution in [2.75, 3.05) is 18.1 Å². The molecule has 3 rings (SSSR count). The molecule has 0 fully saturated rings. The number of aryl methyl sites for hydroxylation is 2. The molecule has 9 nitrogen and oxygen atoms in total. The van der Waals surface area contributed by atoms with Crippen LogP contribution in [0.1, 0.15) is 43.1 Å². The number of nitrogens with one attached hydrogen (secondary N) is 2. The van der Waals surface area contributed by atoms with E-state index < -0.39 is 10.0 Å². The summed E-state index contributed by atoms with van der Waals surface area (Å²) in [7, 11) is -3.61. The Morgan fingerprint density at radius 3 is 2.72 bits per heavy atom. The molecule has 3 aromatic rings. The normalized spacial score (nSPS) is 11.8. The zero-order chi connectivity index (χ0) is 23.3. The quantitative estimate of drug-likeness (QED) is 0.341. The Morgan fingerprint density at radius 2 is 2.00 bits per heavy atom. The number of thioether (sulfide) groups is 1. The molecule has 0 unspecified atom stereocenters. The van der Waals surface area contributed by atoms with Gasteiger partial charge in [0.1, 0.15) is 0 Å². The topological polar surface area (TPSA) is 118 Å². The van der Waals surface area contributed by atoms with E-state index in [9.17, 15) is 13.2 Å². The van der Waals surface area contributed by atoms with Crippen LogP contribution in [0.2, 0.25) is 0 Å². The van der Waals surface area contributed by atoms with Crippen LogP contribution in [0.15, 0.2) is 34.3 Å². The third kappa shape index (κ3) is 5.64. The van der Waals surface area contributed by atoms with Crippen LogP contribution in [0.5, 0.6) is 0 Å². The smallest absolute Gasteiger partial charge is 0.253 e. The summed E-state index contributed by atoms with van der Waals surface area (Å²) < 4.78 is 29.1. The molecule has 1 aromatic carbocycles. The average molecular weight is 477 g/mol. The highest BCUT2D eigenvalue weighted by Gasteiger charge is 2.16. The Morgan fingerprint density at radius 1 is 1.22 bits per heavy atom. The van der Waals surface area contributed by atoms with Gasteiger partial charge in [0.2, 0.25) is 21.1 Å². The largest absolute Gasteiger partial charge is 0.326 e. The first kappa shape index (κ1) is 24.1. The molecule has 32 heavy (non-hydrogen) atoms. The van der Waals surface area contributed by atoms with Crippen LogP contribution < -0.4 is 10.0 Å². The summed E-state index contributed by atoms with van der Waals surface area (Å²) in [6, 6.07) is 6.27. The summed E-state index contributed by atoms with van der Waals surface area (Å²) in [6.07, 6.45) is 4.28. The van der Waals surface area contributed by atoms with Gasteiger partial charge in [-0.25, -0.2) is 22.6 Å². The Hall–Kier alpha value is -2.50. The SMILES string of the molecule is CCCCNS(=O)(=O)c1cccc(NC(=O)CCc2c(C)nc3nc(SC)nn3c2C)c1. The van der Waals surface area contributed by atoms with Crippen LogP contribution >= 0.6 is 11.8 Å². The lowest BCUT2D eigenvalue weighted by Crippen LogP contribution is -2.24. The minimum atomic E-state index is -3.61. The van der Waals surface area contributed by atoms with Crippen LogP contribution in [0, 0.1) is 13.8 Å². The van der Waals surface area contributed by atoms with Gasteiger partial charge < -0.3 is 5.32 Å². The third-order valence-electron chi connectivity index (χ3n) is 5.06. The zero-order valence-electron chi connectivity index (χ0n) is 18.7. The fraction of sp³-hybridized carbons (Fsp3) is 0.429. The predicted octanol–water partition coefficient (Wildman–Crippen LogP) is 3.11.